The molecule has 2 aromatic heterocycles. The normalized spacial score (nSPS) is 15.9. The maximum Gasteiger partial charge on any atom is 0.373 e. The van der Waals surface area contributed by atoms with E-state index in [-0.39, 0.29) is 5.76 Å². The van der Waals surface area contributed by atoms with Crippen molar-refractivity contribution in [3.8, 4) is 0 Å². The molecule has 0 unspecified atom stereocenters. The maximum absolute atomic E-state index is 11.3. The molecule has 6 nitrogen and oxygen atoms in total. The van der Waals surface area contributed by atoms with Crippen molar-refractivity contribution in [3.63, 3.8) is 0 Å². The molecule has 118 valence electrons. The molecular formula is C15H18N2O4S. The number of hydrogen-bond donors (Lipinski definition) is 0. The predicted octanol–water partition coefficient (Wildman–Crippen LogP) is 3.79. The second kappa shape index (κ2) is 7.00. The summed E-state index contributed by atoms with van der Waals surface area (Å²) in [4.78, 5) is 11.3. The van der Waals surface area contributed by atoms with Crippen molar-refractivity contribution in [2.75, 3.05) is 7.11 Å². The van der Waals surface area contributed by atoms with E-state index in [0.29, 0.717) is 22.7 Å². The molecule has 1 fully saturated rings. The number of carbonyl (C=O) groups excluding carboxylic acids is 1. The zero-order valence-electron chi connectivity index (χ0n) is 12.4. The maximum atomic E-state index is 11.3. The van der Waals surface area contributed by atoms with E-state index in [9.17, 15) is 4.79 Å². The van der Waals surface area contributed by atoms with Crippen molar-refractivity contribution >= 4 is 17.7 Å². The standard InChI is InChI=1S/C15H18N2O4S/c1-19-14(18)12-8-7-11(20-12)9-22-15-17-16-13(21-15)10-5-3-2-4-6-10/h7-8,10H,2-6,9H2,1H3. The first-order valence-corrected chi connectivity index (χ1v) is 8.38. The Labute approximate surface area is 132 Å². The third-order valence-corrected chi connectivity index (χ3v) is 4.60. The van der Waals surface area contributed by atoms with Gasteiger partial charge in [-0.15, -0.1) is 10.2 Å². The fourth-order valence-corrected chi connectivity index (χ4v) is 3.26. The second-order valence-electron chi connectivity index (χ2n) is 5.29. The van der Waals surface area contributed by atoms with E-state index in [1.807, 2.05) is 0 Å². The van der Waals surface area contributed by atoms with Crippen molar-refractivity contribution in [2.24, 2.45) is 0 Å². The van der Waals surface area contributed by atoms with E-state index in [2.05, 4.69) is 14.9 Å². The molecule has 0 N–H and O–H groups in total. The molecule has 0 spiro atoms. The lowest BCUT2D eigenvalue weighted by Crippen LogP contribution is -2.04. The SMILES string of the molecule is COC(=O)c1ccc(CSc2nnc(C3CCCCC3)o2)o1. The van der Waals surface area contributed by atoms with Gasteiger partial charge in [0.15, 0.2) is 0 Å². The van der Waals surface area contributed by atoms with Crippen molar-refractivity contribution in [2.45, 2.75) is 49.0 Å². The van der Waals surface area contributed by atoms with E-state index in [4.69, 9.17) is 8.83 Å². The Morgan fingerprint density at radius 3 is 2.86 bits per heavy atom. The van der Waals surface area contributed by atoms with Gasteiger partial charge in [-0.05, 0) is 25.0 Å². The summed E-state index contributed by atoms with van der Waals surface area (Å²) in [6.07, 6.45) is 6.03. The number of furan rings is 1. The topological polar surface area (TPSA) is 78.4 Å². The lowest BCUT2D eigenvalue weighted by Gasteiger charge is -2.17. The van der Waals surface area contributed by atoms with Gasteiger partial charge in [0, 0.05) is 5.92 Å². The zero-order chi connectivity index (χ0) is 15.4. The monoisotopic (exact) mass is 322 g/mol. The van der Waals surface area contributed by atoms with Crippen LogP contribution in [0.1, 0.15) is 60.2 Å². The summed E-state index contributed by atoms with van der Waals surface area (Å²) in [5.74, 6) is 2.08. The summed E-state index contributed by atoms with van der Waals surface area (Å²) in [7, 11) is 1.32. The molecule has 1 aliphatic carbocycles. The second-order valence-corrected chi connectivity index (χ2v) is 6.21. The molecule has 7 heteroatoms. The predicted molar refractivity (Wildman–Crippen MR) is 79.7 cm³/mol. The summed E-state index contributed by atoms with van der Waals surface area (Å²) in [5.41, 5.74) is 0. The van der Waals surface area contributed by atoms with Crippen LogP contribution in [0.25, 0.3) is 0 Å². The molecule has 0 aliphatic heterocycles. The van der Waals surface area contributed by atoms with E-state index in [1.54, 1.807) is 12.1 Å². The van der Waals surface area contributed by atoms with Gasteiger partial charge in [0.05, 0.1) is 12.9 Å². The average molecular weight is 322 g/mol. The summed E-state index contributed by atoms with van der Waals surface area (Å²) in [6, 6.07) is 3.35. The van der Waals surface area contributed by atoms with E-state index in [1.165, 1.54) is 38.1 Å². The molecule has 1 aliphatic rings. The molecule has 2 aromatic rings. The molecule has 1 saturated carbocycles. The average Bonchev–Trinajstić information content (AvgIpc) is 3.22. The Bertz CT molecular complexity index is 631. The minimum absolute atomic E-state index is 0.200. The number of hydrogen-bond acceptors (Lipinski definition) is 7. The molecule has 0 atom stereocenters. The van der Waals surface area contributed by atoms with Gasteiger partial charge in [-0.25, -0.2) is 4.79 Å². The van der Waals surface area contributed by atoms with Gasteiger partial charge >= 0.3 is 5.97 Å². The number of aromatic nitrogens is 2. The van der Waals surface area contributed by atoms with Crippen LogP contribution in [0, 0.1) is 0 Å². The van der Waals surface area contributed by atoms with Crippen LogP contribution >= 0.6 is 11.8 Å². The number of esters is 1. The van der Waals surface area contributed by atoms with E-state index < -0.39 is 5.97 Å². The first-order valence-electron chi connectivity index (χ1n) is 7.39. The van der Waals surface area contributed by atoms with Gasteiger partial charge in [-0.2, -0.15) is 0 Å². The van der Waals surface area contributed by atoms with Crippen molar-refractivity contribution in [1.82, 2.24) is 10.2 Å². The van der Waals surface area contributed by atoms with Crippen LogP contribution in [0.5, 0.6) is 0 Å². The summed E-state index contributed by atoms with van der Waals surface area (Å²) < 4.78 is 15.7. The molecule has 0 bridgehead atoms. The molecule has 3 rings (SSSR count). The van der Waals surface area contributed by atoms with Crippen LogP contribution in [0.15, 0.2) is 26.2 Å². The number of nitrogens with zero attached hydrogens (tertiary/aromatic N) is 2. The van der Waals surface area contributed by atoms with E-state index >= 15 is 0 Å². The number of rotatable bonds is 5. The highest BCUT2D eigenvalue weighted by molar-refractivity contribution is 7.98. The number of carbonyl (C=O) groups is 1. The minimum Gasteiger partial charge on any atom is -0.463 e. The van der Waals surface area contributed by atoms with Crippen LogP contribution in [0.2, 0.25) is 0 Å². The molecule has 2 heterocycles. The fourth-order valence-electron chi connectivity index (χ4n) is 2.59. The molecular weight excluding hydrogens is 304 g/mol. The lowest BCUT2D eigenvalue weighted by atomic mass is 9.89. The van der Waals surface area contributed by atoms with Gasteiger partial charge in [0.2, 0.25) is 11.7 Å². The third kappa shape index (κ3) is 3.52. The fraction of sp³-hybridized carbons (Fsp3) is 0.533. The minimum atomic E-state index is -0.478. The van der Waals surface area contributed by atoms with Gasteiger partial charge in [0.1, 0.15) is 5.76 Å². The summed E-state index contributed by atoms with van der Waals surface area (Å²) >= 11 is 1.40. The van der Waals surface area contributed by atoms with Crippen LogP contribution < -0.4 is 0 Å². The zero-order valence-corrected chi connectivity index (χ0v) is 13.2. The number of thioether (sulfide) groups is 1. The van der Waals surface area contributed by atoms with Crippen molar-refractivity contribution in [1.29, 1.82) is 0 Å². The molecule has 0 radical (unpaired) electrons. The Morgan fingerprint density at radius 2 is 2.09 bits per heavy atom. The Kier molecular flexibility index (Phi) is 4.82. The molecule has 0 saturated heterocycles. The van der Waals surface area contributed by atoms with Crippen LogP contribution in [-0.4, -0.2) is 23.3 Å². The Balaban J connectivity index is 1.56. The first-order chi connectivity index (χ1) is 10.8. The highest BCUT2D eigenvalue weighted by Gasteiger charge is 2.21. The van der Waals surface area contributed by atoms with Crippen molar-refractivity contribution < 1.29 is 18.4 Å². The summed E-state index contributed by atoms with van der Waals surface area (Å²) in [5, 5.41) is 8.77. The van der Waals surface area contributed by atoms with E-state index in [0.717, 1.165) is 18.7 Å². The van der Waals surface area contributed by atoms with Gasteiger partial charge in [0.25, 0.3) is 5.22 Å². The Hall–Kier alpha value is -1.76. The van der Waals surface area contributed by atoms with Gasteiger partial charge in [-0.1, -0.05) is 31.0 Å². The van der Waals surface area contributed by atoms with Crippen LogP contribution in [-0.2, 0) is 10.5 Å². The molecule has 0 amide bonds. The largest absolute Gasteiger partial charge is 0.463 e. The Morgan fingerprint density at radius 1 is 1.27 bits per heavy atom. The molecule has 0 aromatic carbocycles. The number of methoxy groups -OCH3 is 1. The highest BCUT2D eigenvalue weighted by atomic mass is 32.2. The lowest BCUT2D eigenvalue weighted by molar-refractivity contribution is 0.0563. The summed E-state index contributed by atoms with van der Waals surface area (Å²) in [6.45, 7) is 0. The van der Waals surface area contributed by atoms with Crippen LogP contribution in [0.3, 0.4) is 0 Å². The highest BCUT2D eigenvalue weighted by Crippen LogP contribution is 2.33. The van der Waals surface area contributed by atoms with Gasteiger partial charge in [-0.3, -0.25) is 0 Å². The smallest absolute Gasteiger partial charge is 0.373 e. The molecule has 22 heavy (non-hydrogen) atoms. The van der Waals surface area contributed by atoms with Crippen LogP contribution in [0.4, 0.5) is 0 Å². The van der Waals surface area contributed by atoms with Gasteiger partial charge < -0.3 is 13.6 Å². The number of ether oxygens (including phenoxy) is 1. The first kappa shape index (κ1) is 15.1. The quantitative estimate of drug-likeness (QED) is 0.612. The third-order valence-electron chi connectivity index (χ3n) is 3.76. The van der Waals surface area contributed by atoms with Crippen molar-refractivity contribution in [3.05, 3.63) is 29.5 Å².